The Balaban J connectivity index is 2.45. The molecule has 20 heavy (non-hydrogen) atoms. The quantitative estimate of drug-likeness (QED) is 0.594. The van der Waals surface area contributed by atoms with Crippen LogP contribution in [0.3, 0.4) is 0 Å². The van der Waals surface area contributed by atoms with Gasteiger partial charge >= 0.3 is 5.69 Å². The number of halogens is 3. The fourth-order valence-electron chi connectivity index (χ4n) is 1.57. The van der Waals surface area contributed by atoms with Crippen LogP contribution in [-0.4, -0.2) is 9.91 Å². The standard InChI is InChI=1S/C12H8Br2FN3O2/c1-6-2-8(14)9(15)4-10(6)17-12-11(18(19)20)3-7(13)5-16-12/h2-5H,1H3,(H,16,17). The lowest BCUT2D eigenvalue weighted by Crippen LogP contribution is -2.01. The average molecular weight is 405 g/mol. The summed E-state index contributed by atoms with van der Waals surface area (Å²) in [6.07, 6.45) is 1.43. The highest BCUT2D eigenvalue weighted by Crippen LogP contribution is 2.31. The van der Waals surface area contributed by atoms with Crippen molar-refractivity contribution in [2.75, 3.05) is 5.32 Å². The van der Waals surface area contributed by atoms with Gasteiger partial charge in [-0.3, -0.25) is 10.1 Å². The smallest absolute Gasteiger partial charge is 0.312 e. The van der Waals surface area contributed by atoms with Crippen molar-refractivity contribution in [3.8, 4) is 0 Å². The highest BCUT2D eigenvalue weighted by Gasteiger charge is 2.17. The first-order valence-corrected chi connectivity index (χ1v) is 6.99. The van der Waals surface area contributed by atoms with Gasteiger partial charge in [-0.1, -0.05) is 0 Å². The highest BCUT2D eigenvalue weighted by molar-refractivity contribution is 9.10. The van der Waals surface area contributed by atoms with Crippen LogP contribution in [0.4, 0.5) is 21.6 Å². The largest absolute Gasteiger partial charge is 0.334 e. The van der Waals surface area contributed by atoms with E-state index in [1.807, 2.05) is 0 Å². The van der Waals surface area contributed by atoms with E-state index in [0.29, 0.717) is 14.6 Å². The Bertz CT molecular complexity index is 695. The Hall–Kier alpha value is -1.54. The van der Waals surface area contributed by atoms with Crippen molar-refractivity contribution in [3.63, 3.8) is 0 Å². The maximum atomic E-state index is 13.5. The number of rotatable bonds is 3. The summed E-state index contributed by atoms with van der Waals surface area (Å²) in [6, 6.07) is 4.18. The Morgan fingerprint density at radius 3 is 2.70 bits per heavy atom. The van der Waals surface area contributed by atoms with Crippen molar-refractivity contribution < 1.29 is 9.31 Å². The molecule has 0 aliphatic carbocycles. The summed E-state index contributed by atoms with van der Waals surface area (Å²) >= 11 is 6.20. The maximum Gasteiger partial charge on any atom is 0.312 e. The van der Waals surface area contributed by atoms with Gasteiger partial charge in [0.25, 0.3) is 0 Å². The number of aromatic nitrogens is 1. The molecule has 0 unspecified atom stereocenters. The van der Waals surface area contributed by atoms with Crippen LogP contribution in [0.25, 0.3) is 0 Å². The first-order chi connectivity index (χ1) is 9.38. The second-order valence-corrected chi connectivity index (χ2v) is 5.75. The van der Waals surface area contributed by atoms with Gasteiger partial charge < -0.3 is 5.32 Å². The lowest BCUT2D eigenvalue weighted by atomic mass is 10.2. The first kappa shape index (κ1) is 14.9. The third-order valence-electron chi connectivity index (χ3n) is 2.55. The predicted octanol–water partition coefficient (Wildman–Crippen LogP) is 4.71. The first-order valence-electron chi connectivity index (χ1n) is 5.41. The van der Waals surface area contributed by atoms with Crippen LogP contribution >= 0.6 is 31.9 Å². The number of nitrogens with one attached hydrogen (secondary N) is 1. The SMILES string of the molecule is Cc1cc(Br)c(F)cc1Nc1ncc(Br)cc1[N+](=O)[O-]. The minimum Gasteiger partial charge on any atom is -0.334 e. The zero-order valence-electron chi connectivity index (χ0n) is 10.2. The van der Waals surface area contributed by atoms with Crippen LogP contribution in [0.1, 0.15) is 5.56 Å². The van der Waals surface area contributed by atoms with E-state index in [2.05, 4.69) is 42.2 Å². The molecule has 0 aliphatic rings. The molecule has 0 fully saturated rings. The van der Waals surface area contributed by atoms with E-state index in [9.17, 15) is 14.5 Å². The Morgan fingerprint density at radius 1 is 1.35 bits per heavy atom. The maximum absolute atomic E-state index is 13.5. The van der Waals surface area contributed by atoms with Crippen molar-refractivity contribution >= 4 is 49.1 Å². The van der Waals surface area contributed by atoms with E-state index in [-0.39, 0.29) is 11.5 Å². The number of hydrogen-bond acceptors (Lipinski definition) is 4. The summed E-state index contributed by atoms with van der Waals surface area (Å²) in [5, 5.41) is 13.8. The van der Waals surface area contributed by atoms with Gasteiger partial charge in [-0.05, 0) is 56.5 Å². The summed E-state index contributed by atoms with van der Waals surface area (Å²) < 4.78 is 14.4. The summed E-state index contributed by atoms with van der Waals surface area (Å²) in [6.45, 7) is 1.76. The van der Waals surface area contributed by atoms with Gasteiger partial charge in [0.1, 0.15) is 5.82 Å². The van der Waals surface area contributed by atoms with E-state index in [1.54, 1.807) is 13.0 Å². The van der Waals surface area contributed by atoms with Gasteiger partial charge in [-0.2, -0.15) is 0 Å². The second kappa shape index (κ2) is 5.84. The molecule has 0 atom stereocenters. The topological polar surface area (TPSA) is 68.1 Å². The molecule has 0 radical (unpaired) electrons. The summed E-state index contributed by atoms with van der Waals surface area (Å²) in [7, 11) is 0. The van der Waals surface area contributed by atoms with E-state index in [1.165, 1.54) is 18.3 Å². The average Bonchev–Trinajstić information content (AvgIpc) is 2.37. The molecule has 2 aromatic rings. The van der Waals surface area contributed by atoms with Crippen molar-refractivity contribution in [1.82, 2.24) is 4.98 Å². The van der Waals surface area contributed by atoms with Crippen molar-refractivity contribution in [3.05, 3.63) is 54.8 Å². The van der Waals surface area contributed by atoms with E-state index >= 15 is 0 Å². The lowest BCUT2D eigenvalue weighted by Gasteiger charge is -2.10. The highest BCUT2D eigenvalue weighted by atomic mass is 79.9. The van der Waals surface area contributed by atoms with Crippen LogP contribution in [0.2, 0.25) is 0 Å². The molecule has 0 saturated heterocycles. The second-order valence-electron chi connectivity index (χ2n) is 3.98. The number of benzene rings is 1. The number of nitrogens with zero attached hydrogens (tertiary/aromatic N) is 2. The zero-order chi connectivity index (χ0) is 14.9. The molecule has 5 nitrogen and oxygen atoms in total. The van der Waals surface area contributed by atoms with Gasteiger partial charge in [0.2, 0.25) is 5.82 Å². The van der Waals surface area contributed by atoms with E-state index in [0.717, 1.165) is 5.56 Å². The molecule has 0 spiro atoms. The number of hydrogen-bond donors (Lipinski definition) is 1. The van der Waals surface area contributed by atoms with Gasteiger partial charge in [-0.25, -0.2) is 9.37 Å². The van der Waals surface area contributed by atoms with Crippen LogP contribution in [0.5, 0.6) is 0 Å². The molecule has 2 rings (SSSR count). The van der Waals surface area contributed by atoms with Crippen LogP contribution in [-0.2, 0) is 0 Å². The van der Waals surface area contributed by atoms with Gasteiger partial charge in [-0.15, -0.1) is 0 Å². The van der Waals surface area contributed by atoms with Crippen LogP contribution in [0.15, 0.2) is 33.3 Å². The molecule has 1 heterocycles. The zero-order valence-corrected chi connectivity index (χ0v) is 13.3. The van der Waals surface area contributed by atoms with Gasteiger partial charge in [0, 0.05) is 22.4 Å². The molecular weight excluding hydrogens is 397 g/mol. The van der Waals surface area contributed by atoms with Crippen LogP contribution in [0, 0.1) is 22.9 Å². The summed E-state index contributed by atoms with van der Waals surface area (Å²) in [4.78, 5) is 14.4. The number of nitro groups is 1. The number of pyridine rings is 1. The van der Waals surface area contributed by atoms with Crippen molar-refractivity contribution in [2.24, 2.45) is 0 Å². The molecule has 104 valence electrons. The van der Waals surface area contributed by atoms with Gasteiger partial charge in [0.05, 0.1) is 9.40 Å². The normalized spacial score (nSPS) is 10.4. The Kier molecular flexibility index (Phi) is 4.34. The molecule has 8 heteroatoms. The van der Waals surface area contributed by atoms with Crippen molar-refractivity contribution in [2.45, 2.75) is 6.92 Å². The monoisotopic (exact) mass is 403 g/mol. The summed E-state index contributed by atoms with van der Waals surface area (Å²) in [5.74, 6) is -0.402. The molecule has 0 bridgehead atoms. The fourth-order valence-corrected chi connectivity index (χ4v) is 2.35. The molecule has 1 N–H and O–H groups in total. The number of aryl methyl sites for hydroxylation is 1. The molecule has 0 amide bonds. The number of anilines is 2. The molecule has 1 aromatic carbocycles. The van der Waals surface area contributed by atoms with E-state index < -0.39 is 10.7 Å². The molecular formula is C12H8Br2FN3O2. The fraction of sp³-hybridized carbons (Fsp3) is 0.0833. The molecule has 0 saturated carbocycles. The van der Waals surface area contributed by atoms with E-state index in [4.69, 9.17) is 0 Å². The molecule has 0 aliphatic heterocycles. The summed E-state index contributed by atoms with van der Waals surface area (Å²) in [5.41, 5.74) is 0.961. The third kappa shape index (κ3) is 3.13. The Morgan fingerprint density at radius 2 is 2.05 bits per heavy atom. The van der Waals surface area contributed by atoms with Crippen molar-refractivity contribution in [1.29, 1.82) is 0 Å². The third-order valence-corrected chi connectivity index (χ3v) is 3.59. The lowest BCUT2D eigenvalue weighted by molar-refractivity contribution is -0.384. The minimum atomic E-state index is -0.551. The molecule has 1 aromatic heterocycles. The van der Waals surface area contributed by atoms with Crippen LogP contribution < -0.4 is 5.32 Å². The predicted molar refractivity (Wildman–Crippen MR) is 80.7 cm³/mol. The minimum absolute atomic E-state index is 0.0584. The Labute approximate surface area is 130 Å². The van der Waals surface area contributed by atoms with Gasteiger partial charge in [0.15, 0.2) is 0 Å².